The maximum atomic E-state index is 11.8. The van der Waals surface area contributed by atoms with Gasteiger partial charge in [-0.1, -0.05) is 30.8 Å². The van der Waals surface area contributed by atoms with Gasteiger partial charge in [0.1, 0.15) is 5.82 Å². The molecule has 1 aromatic heterocycles. The van der Waals surface area contributed by atoms with Crippen LogP contribution in [0.25, 0.3) is 16.7 Å². The summed E-state index contributed by atoms with van der Waals surface area (Å²) in [5, 5.41) is 11.9. The number of pyridine rings is 1. The second-order valence-corrected chi connectivity index (χ2v) is 6.69. The molecule has 0 atom stereocenters. The van der Waals surface area contributed by atoms with E-state index in [1.807, 2.05) is 24.3 Å². The van der Waals surface area contributed by atoms with Crippen molar-refractivity contribution in [2.75, 3.05) is 17.6 Å². The number of anilines is 2. The highest BCUT2D eigenvalue weighted by molar-refractivity contribution is 5.92. The van der Waals surface area contributed by atoms with Crippen LogP contribution in [-0.4, -0.2) is 28.5 Å². The Balaban J connectivity index is 1.91. The van der Waals surface area contributed by atoms with E-state index in [4.69, 9.17) is 16.6 Å². The molecule has 7 heteroatoms. The summed E-state index contributed by atoms with van der Waals surface area (Å²) in [6.45, 7) is 4.39. The molecule has 0 saturated carbocycles. The van der Waals surface area contributed by atoms with Crippen molar-refractivity contribution in [3.8, 4) is 11.1 Å². The van der Waals surface area contributed by atoms with Crippen LogP contribution in [0.1, 0.15) is 27.9 Å². The van der Waals surface area contributed by atoms with Gasteiger partial charge < -0.3 is 21.9 Å². The number of nitrogen functional groups attached to an aromatic ring is 1. The Morgan fingerprint density at radius 1 is 1.03 bits per heavy atom. The minimum Gasteiger partial charge on any atom is -0.478 e. The van der Waals surface area contributed by atoms with E-state index < -0.39 is 5.97 Å². The summed E-state index contributed by atoms with van der Waals surface area (Å²) in [4.78, 5) is 27.1. The molecule has 152 valence electrons. The first-order valence-electron chi connectivity index (χ1n) is 9.28. The lowest BCUT2D eigenvalue weighted by Gasteiger charge is -2.12. The largest absolute Gasteiger partial charge is 0.478 e. The maximum Gasteiger partial charge on any atom is 0.335 e. The molecule has 0 fully saturated rings. The summed E-state index contributed by atoms with van der Waals surface area (Å²) in [7, 11) is 0. The molecule has 0 aliphatic heterocycles. The Kier molecular flexibility index (Phi) is 6.24. The summed E-state index contributed by atoms with van der Waals surface area (Å²) in [6, 6.07) is 15.7. The average molecular weight is 402 g/mol. The zero-order chi connectivity index (χ0) is 21.7. The lowest BCUT2D eigenvalue weighted by molar-refractivity contribution is -0.116. The normalized spacial score (nSPS) is 10.4. The Bertz CT molecular complexity index is 1110. The van der Waals surface area contributed by atoms with E-state index in [2.05, 4.69) is 16.9 Å². The number of amides is 1. The fourth-order valence-corrected chi connectivity index (χ4v) is 2.98. The van der Waals surface area contributed by atoms with Gasteiger partial charge in [-0.15, -0.1) is 0 Å². The summed E-state index contributed by atoms with van der Waals surface area (Å²) in [5.74, 6) is -0.823. The Morgan fingerprint density at radius 3 is 2.40 bits per heavy atom. The van der Waals surface area contributed by atoms with Crippen molar-refractivity contribution in [2.24, 2.45) is 5.73 Å². The molecule has 7 nitrogen and oxygen atoms in total. The Hall–Kier alpha value is -3.97. The van der Waals surface area contributed by atoms with Gasteiger partial charge in [0, 0.05) is 36.0 Å². The zero-order valence-corrected chi connectivity index (χ0v) is 16.3. The van der Waals surface area contributed by atoms with Gasteiger partial charge in [0.25, 0.3) is 0 Å². The van der Waals surface area contributed by atoms with Crippen molar-refractivity contribution in [1.82, 2.24) is 4.98 Å². The van der Waals surface area contributed by atoms with Gasteiger partial charge in [0.05, 0.1) is 5.56 Å². The highest BCUT2D eigenvalue weighted by Crippen LogP contribution is 2.30. The van der Waals surface area contributed by atoms with E-state index in [1.165, 1.54) is 12.1 Å². The summed E-state index contributed by atoms with van der Waals surface area (Å²) >= 11 is 0. The van der Waals surface area contributed by atoms with Gasteiger partial charge in [-0.2, -0.15) is 0 Å². The SMILES string of the molecule is C=C(c1ccc(C(=O)O)cc1)c1cc(-c2cccc(NC(=O)CCN)c2)cnc1N. The van der Waals surface area contributed by atoms with E-state index in [0.29, 0.717) is 22.6 Å². The van der Waals surface area contributed by atoms with Gasteiger partial charge in [-0.3, -0.25) is 4.79 Å². The van der Waals surface area contributed by atoms with Gasteiger partial charge in [-0.25, -0.2) is 9.78 Å². The van der Waals surface area contributed by atoms with E-state index in [1.54, 1.807) is 24.4 Å². The van der Waals surface area contributed by atoms with Crippen LogP contribution in [0.5, 0.6) is 0 Å². The molecule has 0 aliphatic carbocycles. The Labute approximate surface area is 174 Å². The van der Waals surface area contributed by atoms with Crippen LogP contribution >= 0.6 is 0 Å². The number of hydrogen-bond donors (Lipinski definition) is 4. The van der Waals surface area contributed by atoms with E-state index in [-0.39, 0.29) is 24.4 Å². The van der Waals surface area contributed by atoms with Gasteiger partial charge in [0.2, 0.25) is 5.91 Å². The van der Waals surface area contributed by atoms with Crippen LogP contribution in [0.15, 0.2) is 67.4 Å². The predicted molar refractivity (Wildman–Crippen MR) is 118 cm³/mol. The molecule has 30 heavy (non-hydrogen) atoms. The van der Waals surface area contributed by atoms with Crippen LogP contribution in [0.2, 0.25) is 0 Å². The predicted octanol–water partition coefficient (Wildman–Crippen LogP) is 3.38. The maximum absolute atomic E-state index is 11.8. The molecule has 3 aromatic rings. The van der Waals surface area contributed by atoms with Crippen LogP contribution in [0.3, 0.4) is 0 Å². The van der Waals surface area contributed by atoms with E-state index in [9.17, 15) is 9.59 Å². The lowest BCUT2D eigenvalue weighted by Crippen LogP contribution is -2.16. The van der Waals surface area contributed by atoms with Crippen molar-refractivity contribution >= 4 is 29.0 Å². The van der Waals surface area contributed by atoms with Crippen molar-refractivity contribution in [1.29, 1.82) is 0 Å². The number of carbonyl (C=O) groups excluding carboxylic acids is 1. The third-order valence-corrected chi connectivity index (χ3v) is 4.58. The standard InChI is InChI=1S/C23H22N4O3/c1-14(15-5-7-16(8-6-15)23(29)30)20-12-18(13-26-22(20)25)17-3-2-4-19(11-17)27-21(28)9-10-24/h2-8,11-13H,1,9-10,24H2,(H2,25,26)(H,27,28)(H,29,30). The van der Waals surface area contributed by atoms with E-state index in [0.717, 1.165) is 16.7 Å². The monoisotopic (exact) mass is 402 g/mol. The molecule has 0 saturated heterocycles. The lowest BCUT2D eigenvalue weighted by atomic mass is 9.96. The molecule has 1 heterocycles. The average Bonchev–Trinajstić information content (AvgIpc) is 2.74. The minimum atomic E-state index is -0.992. The summed E-state index contributed by atoms with van der Waals surface area (Å²) in [6.07, 6.45) is 1.90. The molecule has 0 bridgehead atoms. The van der Waals surface area contributed by atoms with Gasteiger partial charge >= 0.3 is 5.97 Å². The number of nitrogens with zero attached hydrogens (tertiary/aromatic N) is 1. The number of nitrogens with two attached hydrogens (primary N) is 2. The quantitative estimate of drug-likeness (QED) is 0.479. The molecular weight excluding hydrogens is 380 g/mol. The van der Waals surface area contributed by atoms with Crippen molar-refractivity contribution in [3.63, 3.8) is 0 Å². The number of nitrogens with one attached hydrogen (secondary N) is 1. The zero-order valence-electron chi connectivity index (χ0n) is 16.3. The Morgan fingerprint density at radius 2 is 1.73 bits per heavy atom. The van der Waals surface area contributed by atoms with E-state index >= 15 is 0 Å². The minimum absolute atomic E-state index is 0.149. The molecule has 0 unspecified atom stereocenters. The molecule has 0 radical (unpaired) electrons. The first-order valence-corrected chi connectivity index (χ1v) is 9.28. The first kappa shape index (κ1) is 20.8. The third kappa shape index (κ3) is 4.71. The molecule has 2 aromatic carbocycles. The molecule has 3 rings (SSSR count). The molecule has 0 spiro atoms. The highest BCUT2D eigenvalue weighted by atomic mass is 16.4. The fourth-order valence-electron chi connectivity index (χ4n) is 2.98. The van der Waals surface area contributed by atoms with Crippen molar-refractivity contribution < 1.29 is 14.7 Å². The number of aromatic nitrogens is 1. The topological polar surface area (TPSA) is 131 Å². The van der Waals surface area contributed by atoms with Gasteiger partial charge in [-0.05, 0) is 47.0 Å². The number of carboxylic acid groups (broad SMARTS) is 1. The summed E-state index contributed by atoms with van der Waals surface area (Å²) < 4.78 is 0. The third-order valence-electron chi connectivity index (χ3n) is 4.58. The number of carbonyl (C=O) groups is 2. The van der Waals surface area contributed by atoms with Crippen molar-refractivity contribution in [2.45, 2.75) is 6.42 Å². The van der Waals surface area contributed by atoms with Crippen LogP contribution in [0, 0.1) is 0 Å². The first-order chi connectivity index (χ1) is 14.4. The number of aromatic carboxylic acids is 1. The second kappa shape index (κ2) is 9.02. The highest BCUT2D eigenvalue weighted by Gasteiger charge is 2.12. The molecule has 0 aliphatic rings. The number of benzene rings is 2. The van der Waals surface area contributed by atoms with Crippen LogP contribution in [-0.2, 0) is 4.79 Å². The number of carboxylic acids is 1. The molecule has 6 N–H and O–H groups in total. The van der Waals surface area contributed by atoms with Crippen LogP contribution in [0.4, 0.5) is 11.5 Å². The molecule has 1 amide bonds. The summed E-state index contributed by atoms with van der Waals surface area (Å²) in [5.41, 5.74) is 16.0. The van der Waals surface area contributed by atoms with Gasteiger partial charge in [0.15, 0.2) is 0 Å². The van der Waals surface area contributed by atoms with Crippen molar-refractivity contribution in [3.05, 3.63) is 84.1 Å². The molecular formula is C23H22N4O3. The number of hydrogen-bond acceptors (Lipinski definition) is 5. The fraction of sp³-hybridized carbons (Fsp3) is 0.0870. The smallest absolute Gasteiger partial charge is 0.335 e. The number of rotatable bonds is 7. The van der Waals surface area contributed by atoms with Crippen LogP contribution < -0.4 is 16.8 Å². The second-order valence-electron chi connectivity index (χ2n) is 6.69.